The van der Waals surface area contributed by atoms with Crippen molar-refractivity contribution in [3.05, 3.63) is 6.08 Å². The predicted molar refractivity (Wildman–Crippen MR) is 39.7 cm³/mol. The second-order valence-electron chi connectivity index (χ2n) is 3.37. The van der Waals surface area contributed by atoms with E-state index in [0.29, 0.717) is 6.04 Å². The first-order valence-corrected chi connectivity index (χ1v) is 3.79. The van der Waals surface area contributed by atoms with Crippen molar-refractivity contribution in [3.63, 3.8) is 0 Å². The minimum absolute atomic E-state index is 0.291. The summed E-state index contributed by atoms with van der Waals surface area (Å²) in [6, 6.07) is 0.538. The lowest BCUT2D eigenvalue weighted by molar-refractivity contribution is 0.251. The van der Waals surface area contributed by atoms with Crippen LogP contribution in [0.15, 0.2) is 0 Å². The first kappa shape index (κ1) is 7.04. The van der Waals surface area contributed by atoms with Gasteiger partial charge in [-0.25, -0.2) is 10.1 Å². The quantitative estimate of drug-likeness (QED) is 0.460. The van der Waals surface area contributed by atoms with Gasteiger partial charge in [0.2, 0.25) is 0 Å². The molecule has 11 heavy (non-hydrogen) atoms. The molecule has 2 aliphatic rings. The van der Waals surface area contributed by atoms with Crippen molar-refractivity contribution >= 4 is 5.94 Å². The van der Waals surface area contributed by atoms with Gasteiger partial charge < -0.3 is 0 Å². The summed E-state index contributed by atoms with van der Waals surface area (Å²) in [5.41, 5.74) is -0.291. The van der Waals surface area contributed by atoms with Gasteiger partial charge in [-0.1, -0.05) is 0 Å². The summed E-state index contributed by atoms with van der Waals surface area (Å²) in [4.78, 5) is 12.4. The summed E-state index contributed by atoms with van der Waals surface area (Å²) in [6.45, 7) is 1.69. The van der Waals surface area contributed by atoms with Gasteiger partial charge in [0.05, 0.1) is 11.6 Å². The molecular weight excluding hydrogens is 140 g/mol. The monoisotopic (exact) mass is 150 g/mol. The van der Waals surface area contributed by atoms with E-state index in [0.717, 1.165) is 19.5 Å². The smallest absolute Gasteiger partial charge is 0.131 e. The Kier molecular flexibility index (Phi) is 1.39. The standard InChI is InChI=1S/C8H10N2O/c1-10-6-8(2-3-11)4-7(10)5-9-8/h7H,4-6H2,1H3. The number of hydrogen-bond acceptors (Lipinski definition) is 2. The van der Waals surface area contributed by atoms with Gasteiger partial charge in [0, 0.05) is 19.1 Å². The molecule has 2 saturated heterocycles. The Morgan fingerprint density at radius 1 is 1.73 bits per heavy atom. The van der Waals surface area contributed by atoms with Crippen molar-refractivity contribution in [1.82, 2.24) is 10.2 Å². The maximum atomic E-state index is 10.1. The minimum atomic E-state index is -0.291. The Labute approximate surface area is 66.1 Å². The van der Waals surface area contributed by atoms with Gasteiger partial charge in [-0.15, -0.1) is 0 Å². The zero-order valence-corrected chi connectivity index (χ0v) is 6.50. The highest BCUT2D eigenvalue weighted by atomic mass is 16.1. The molecule has 0 spiro atoms. The van der Waals surface area contributed by atoms with E-state index >= 15 is 0 Å². The molecule has 2 atom stereocenters. The molecule has 0 aromatic carbocycles. The zero-order chi connectivity index (χ0) is 7.90. The molecule has 3 nitrogen and oxygen atoms in total. The maximum Gasteiger partial charge on any atom is 0.131 e. The average Bonchev–Trinajstić information content (AvgIpc) is 2.44. The predicted octanol–water partition coefficient (Wildman–Crippen LogP) is -0.762. The highest BCUT2D eigenvalue weighted by Crippen LogP contribution is 2.32. The fourth-order valence-electron chi connectivity index (χ4n) is 1.98. The van der Waals surface area contributed by atoms with Crippen molar-refractivity contribution < 1.29 is 4.79 Å². The molecule has 0 aromatic rings. The fraction of sp³-hybridized carbons (Fsp3) is 0.750. The molecule has 2 radical (unpaired) electrons. The van der Waals surface area contributed by atoms with Crippen LogP contribution < -0.4 is 5.32 Å². The van der Waals surface area contributed by atoms with Crippen LogP contribution in [0.2, 0.25) is 0 Å². The van der Waals surface area contributed by atoms with E-state index in [1.165, 1.54) is 0 Å². The third-order valence-electron chi connectivity index (χ3n) is 2.60. The number of rotatable bonds is 1. The lowest BCUT2D eigenvalue weighted by Crippen LogP contribution is -2.45. The third kappa shape index (κ3) is 0.932. The number of likely N-dealkylation sites (N-methyl/N-ethyl adjacent to an activating group) is 1. The van der Waals surface area contributed by atoms with E-state index in [2.05, 4.69) is 23.3 Å². The van der Waals surface area contributed by atoms with Crippen molar-refractivity contribution in [2.75, 3.05) is 20.1 Å². The summed E-state index contributed by atoms with van der Waals surface area (Å²) < 4.78 is 0. The molecule has 2 fully saturated rings. The highest BCUT2D eigenvalue weighted by Gasteiger charge is 2.48. The second kappa shape index (κ2) is 2.18. The lowest BCUT2D eigenvalue weighted by Gasteiger charge is -2.25. The number of hydrogen-bond donors (Lipinski definition) is 0. The number of carbonyl (C=O) groups excluding carboxylic acids is 1. The summed E-state index contributed by atoms with van der Waals surface area (Å²) in [5.74, 6) is 1.73. The van der Waals surface area contributed by atoms with E-state index in [-0.39, 0.29) is 5.54 Å². The third-order valence-corrected chi connectivity index (χ3v) is 2.60. The molecule has 0 aliphatic carbocycles. The zero-order valence-electron chi connectivity index (χ0n) is 6.50. The van der Waals surface area contributed by atoms with Crippen LogP contribution in [-0.2, 0) is 4.79 Å². The molecule has 2 aliphatic heterocycles. The van der Waals surface area contributed by atoms with Gasteiger partial charge in [0.15, 0.2) is 0 Å². The summed E-state index contributed by atoms with van der Waals surface area (Å²) >= 11 is 0. The molecule has 0 saturated carbocycles. The summed E-state index contributed by atoms with van der Waals surface area (Å²) in [6.07, 6.45) is 3.62. The molecule has 2 unspecified atom stereocenters. The second-order valence-corrected chi connectivity index (χ2v) is 3.37. The molecule has 0 N–H and O–H groups in total. The number of fused-ring (bicyclic) bond motifs is 2. The van der Waals surface area contributed by atoms with Gasteiger partial charge >= 0.3 is 0 Å². The average molecular weight is 150 g/mol. The Bertz CT molecular complexity index is 218. The molecule has 2 heterocycles. The van der Waals surface area contributed by atoms with Crippen LogP contribution in [0.5, 0.6) is 0 Å². The van der Waals surface area contributed by atoms with E-state index < -0.39 is 0 Å². The van der Waals surface area contributed by atoms with Crippen LogP contribution in [0.4, 0.5) is 0 Å². The number of nitrogens with zero attached hydrogens (tertiary/aromatic N) is 2. The molecule has 0 aromatic heterocycles. The highest BCUT2D eigenvalue weighted by molar-refractivity contribution is 5.45. The van der Waals surface area contributed by atoms with Crippen molar-refractivity contribution in [3.8, 4) is 0 Å². The first-order chi connectivity index (χ1) is 5.26. The molecular formula is C8H10N2O. The van der Waals surface area contributed by atoms with Gasteiger partial charge in [0.1, 0.15) is 5.94 Å². The van der Waals surface area contributed by atoms with Crippen LogP contribution in [0, 0.1) is 6.08 Å². The van der Waals surface area contributed by atoms with Crippen molar-refractivity contribution in [1.29, 1.82) is 0 Å². The normalized spacial score (nSPS) is 42.5. The molecule has 58 valence electrons. The molecule has 0 amide bonds. The van der Waals surface area contributed by atoms with Gasteiger partial charge in [-0.2, -0.15) is 0 Å². The van der Waals surface area contributed by atoms with E-state index in [1.807, 2.05) is 0 Å². The number of piperazine rings is 1. The Morgan fingerprint density at radius 2 is 2.55 bits per heavy atom. The number of likely N-dealkylation sites (tertiary alicyclic amines) is 1. The van der Waals surface area contributed by atoms with E-state index in [4.69, 9.17) is 0 Å². The summed E-state index contributed by atoms with van der Waals surface area (Å²) in [7, 11) is 2.06. The maximum absolute atomic E-state index is 10.1. The van der Waals surface area contributed by atoms with Crippen molar-refractivity contribution in [2.24, 2.45) is 0 Å². The fourth-order valence-corrected chi connectivity index (χ4v) is 1.98. The van der Waals surface area contributed by atoms with Crippen LogP contribution in [0.25, 0.3) is 0 Å². The van der Waals surface area contributed by atoms with Gasteiger partial charge in [-0.05, 0) is 13.5 Å². The topological polar surface area (TPSA) is 34.4 Å². The Hall–Kier alpha value is -0.630. The molecule has 2 bridgehead atoms. The van der Waals surface area contributed by atoms with Crippen LogP contribution in [0.3, 0.4) is 0 Å². The van der Waals surface area contributed by atoms with Gasteiger partial charge in [0.25, 0.3) is 0 Å². The molecule has 2 rings (SSSR count). The largest absolute Gasteiger partial charge is 0.300 e. The Balaban J connectivity index is 2.23. The van der Waals surface area contributed by atoms with Crippen LogP contribution >= 0.6 is 0 Å². The molecule has 3 heteroatoms. The SMILES string of the molecule is CN1CC2([C]=C=O)CC1C[N]2. The van der Waals surface area contributed by atoms with Gasteiger partial charge in [-0.3, -0.25) is 4.90 Å². The van der Waals surface area contributed by atoms with Crippen LogP contribution in [0.1, 0.15) is 6.42 Å². The van der Waals surface area contributed by atoms with E-state index in [9.17, 15) is 4.79 Å². The van der Waals surface area contributed by atoms with Crippen molar-refractivity contribution in [2.45, 2.75) is 18.0 Å². The van der Waals surface area contributed by atoms with E-state index in [1.54, 1.807) is 5.94 Å². The first-order valence-electron chi connectivity index (χ1n) is 3.79. The lowest BCUT2D eigenvalue weighted by atomic mass is 10.0. The summed E-state index contributed by atoms with van der Waals surface area (Å²) in [5, 5.41) is 4.36. The minimum Gasteiger partial charge on any atom is -0.300 e. The Morgan fingerprint density at radius 3 is 3.00 bits per heavy atom. The van der Waals surface area contributed by atoms with Crippen LogP contribution in [-0.4, -0.2) is 42.6 Å².